The van der Waals surface area contributed by atoms with Gasteiger partial charge in [0.1, 0.15) is 0 Å². The SMILES string of the molecule is CC(=O)O.O=C(O)[CH2][Ni]. The number of carboxylic acids is 2. The van der Waals surface area contributed by atoms with Crippen LogP contribution in [0.5, 0.6) is 0 Å². The third-order valence-corrected chi connectivity index (χ3v) is 0.394. The van der Waals surface area contributed by atoms with Crippen LogP contribution < -0.4 is 0 Å². The van der Waals surface area contributed by atoms with Gasteiger partial charge in [-0.3, -0.25) is 4.79 Å². The summed E-state index contributed by atoms with van der Waals surface area (Å²) in [6.07, 6.45) is 0. The molecule has 0 aliphatic heterocycles. The minimum absolute atomic E-state index is 0.153. The van der Waals surface area contributed by atoms with Gasteiger partial charge in [-0.25, -0.2) is 0 Å². The second kappa shape index (κ2) is 7.43. The fraction of sp³-hybridized carbons (Fsp3) is 0.500. The van der Waals surface area contributed by atoms with Gasteiger partial charge in [-0.2, -0.15) is 0 Å². The first kappa shape index (κ1) is 11.3. The normalized spacial score (nSPS) is 7.00. The van der Waals surface area contributed by atoms with Crippen LogP contribution in [0.15, 0.2) is 0 Å². The van der Waals surface area contributed by atoms with E-state index in [1.54, 1.807) is 0 Å². The van der Waals surface area contributed by atoms with E-state index in [-0.39, 0.29) is 5.39 Å². The molecule has 0 spiro atoms. The van der Waals surface area contributed by atoms with E-state index in [4.69, 9.17) is 15.0 Å². The van der Waals surface area contributed by atoms with Crippen molar-refractivity contribution in [3.05, 3.63) is 0 Å². The summed E-state index contributed by atoms with van der Waals surface area (Å²) in [6, 6.07) is 0. The second-order valence-electron chi connectivity index (χ2n) is 1.02. The molecule has 2 N–H and O–H groups in total. The van der Waals surface area contributed by atoms with Gasteiger partial charge in [0.25, 0.3) is 5.97 Å². The van der Waals surface area contributed by atoms with E-state index in [1.807, 2.05) is 0 Å². The summed E-state index contributed by atoms with van der Waals surface area (Å²) in [6.45, 7) is 1.08. The van der Waals surface area contributed by atoms with Crippen LogP contribution in [0.3, 0.4) is 0 Å². The molecular formula is C4H7NiO4. The molecule has 9 heavy (non-hydrogen) atoms. The van der Waals surface area contributed by atoms with Crippen LogP contribution in [0.2, 0.25) is 5.39 Å². The number of hydrogen-bond donors (Lipinski definition) is 2. The quantitative estimate of drug-likeness (QED) is 0.559. The molecule has 0 aromatic carbocycles. The second-order valence-corrected chi connectivity index (χ2v) is 1.37. The Balaban J connectivity index is 0. The number of aliphatic carboxylic acids is 2. The van der Waals surface area contributed by atoms with E-state index < -0.39 is 11.9 Å². The zero-order chi connectivity index (χ0) is 7.86. The molecule has 57 valence electrons. The van der Waals surface area contributed by atoms with Gasteiger partial charge in [0.05, 0.1) is 0 Å². The fourth-order valence-corrected chi connectivity index (χ4v) is 0. The van der Waals surface area contributed by atoms with Gasteiger partial charge in [0.15, 0.2) is 0 Å². The Morgan fingerprint density at radius 1 is 1.44 bits per heavy atom. The molecular weight excluding hydrogens is 171 g/mol. The number of carboxylic acid groups (broad SMARTS) is 2. The average Bonchev–Trinajstić information content (AvgIpc) is 1.65. The zero-order valence-corrected chi connectivity index (χ0v) is 5.72. The molecule has 0 aromatic heterocycles. The molecule has 0 aromatic rings. The molecule has 4 nitrogen and oxygen atoms in total. The van der Waals surface area contributed by atoms with Gasteiger partial charge < -0.3 is 5.11 Å². The number of rotatable bonds is 1. The molecule has 0 amide bonds. The number of carbonyl (C=O) groups is 2. The fourth-order valence-electron chi connectivity index (χ4n) is 0. The van der Waals surface area contributed by atoms with Crippen LogP contribution in [-0.2, 0) is 25.1 Å². The predicted octanol–water partition coefficient (Wildman–Crippen LogP) is 0.127. The van der Waals surface area contributed by atoms with Crippen LogP contribution in [-0.4, -0.2) is 22.2 Å². The van der Waals surface area contributed by atoms with Crippen molar-refractivity contribution < 1.29 is 35.3 Å². The van der Waals surface area contributed by atoms with Gasteiger partial charge in [-0.15, -0.1) is 0 Å². The Bertz CT molecular complexity index is 96.7. The Morgan fingerprint density at radius 3 is 1.56 bits per heavy atom. The van der Waals surface area contributed by atoms with Gasteiger partial charge >= 0.3 is 36.7 Å². The molecule has 0 atom stereocenters. The summed E-state index contributed by atoms with van der Waals surface area (Å²) in [4.78, 5) is 18.3. The summed E-state index contributed by atoms with van der Waals surface area (Å²) in [7, 11) is 0. The van der Waals surface area contributed by atoms with E-state index in [0.29, 0.717) is 0 Å². The molecule has 0 aliphatic rings. The van der Waals surface area contributed by atoms with Crippen molar-refractivity contribution in [3.63, 3.8) is 0 Å². The van der Waals surface area contributed by atoms with E-state index >= 15 is 0 Å². The molecule has 0 radical (unpaired) electrons. The topological polar surface area (TPSA) is 74.6 Å². The Hall–Kier alpha value is -0.566. The molecule has 0 aliphatic carbocycles. The van der Waals surface area contributed by atoms with Crippen molar-refractivity contribution in [1.29, 1.82) is 0 Å². The average molecular weight is 178 g/mol. The summed E-state index contributed by atoms with van der Waals surface area (Å²) in [5.74, 6) is -1.75. The van der Waals surface area contributed by atoms with Crippen LogP contribution in [0.25, 0.3) is 0 Å². The van der Waals surface area contributed by atoms with E-state index in [1.165, 1.54) is 0 Å². The third kappa shape index (κ3) is 107. The van der Waals surface area contributed by atoms with Gasteiger partial charge in [-0.05, 0) is 0 Å². The third-order valence-electron chi connectivity index (χ3n) is 0.0956. The molecule has 0 saturated heterocycles. The van der Waals surface area contributed by atoms with Crippen molar-refractivity contribution in [3.8, 4) is 0 Å². The predicted molar refractivity (Wildman–Crippen MR) is 25.8 cm³/mol. The molecule has 5 heteroatoms. The molecule has 0 unspecified atom stereocenters. The zero-order valence-electron chi connectivity index (χ0n) is 4.73. The van der Waals surface area contributed by atoms with Gasteiger partial charge in [0.2, 0.25) is 0 Å². The Morgan fingerprint density at radius 2 is 1.56 bits per heavy atom. The van der Waals surface area contributed by atoms with Gasteiger partial charge in [-0.1, -0.05) is 0 Å². The Labute approximate surface area is 60.2 Å². The first-order valence-corrected chi connectivity index (χ1v) is 2.63. The molecule has 0 bridgehead atoms. The monoisotopic (exact) mass is 177 g/mol. The van der Waals surface area contributed by atoms with Crippen molar-refractivity contribution in [1.82, 2.24) is 0 Å². The minimum atomic E-state index is -0.912. The van der Waals surface area contributed by atoms with E-state index in [0.717, 1.165) is 6.92 Å². The van der Waals surface area contributed by atoms with E-state index in [9.17, 15) is 4.79 Å². The standard InChI is InChI=1S/C2H4O2.C2H3O2.Ni/c2*1-2(3)4;/h1H3,(H,3,4);1H2,(H,3,4);. The maximum atomic E-state index is 9.27. The van der Waals surface area contributed by atoms with Crippen molar-refractivity contribution >= 4 is 11.9 Å². The van der Waals surface area contributed by atoms with Crippen LogP contribution >= 0.6 is 0 Å². The van der Waals surface area contributed by atoms with Gasteiger partial charge in [0, 0.05) is 6.92 Å². The summed E-state index contributed by atoms with van der Waals surface area (Å²) in [5, 5.41) is 14.9. The van der Waals surface area contributed by atoms with Crippen LogP contribution in [0.1, 0.15) is 6.92 Å². The summed E-state index contributed by atoms with van der Waals surface area (Å²) in [5.41, 5.74) is 0. The van der Waals surface area contributed by atoms with E-state index in [2.05, 4.69) is 15.5 Å². The number of hydrogen-bond acceptors (Lipinski definition) is 2. The molecule has 0 rings (SSSR count). The summed E-state index contributed by atoms with van der Waals surface area (Å²) >= 11 is 3.83. The first-order chi connectivity index (χ1) is 4.00. The van der Waals surface area contributed by atoms with Crippen molar-refractivity contribution in [2.45, 2.75) is 12.3 Å². The summed E-state index contributed by atoms with van der Waals surface area (Å²) < 4.78 is 0. The molecule has 0 heterocycles. The first-order valence-electron chi connectivity index (χ1n) is 1.93. The Kier molecular flexibility index (Phi) is 9.30. The maximum absolute atomic E-state index is 9.27. The van der Waals surface area contributed by atoms with Crippen molar-refractivity contribution in [2.24, 2.45) is 0 Å². The van der Waals surface area contributed by atoms with Crippen LogP contribution in [0, 0.1) is 0 Å². The van der Waals surface area contributed by atoms with Crippen molar-refractivity contribution in [2.75, 3.05) is 0 Å². The molecule has 0 saturated carbocycles. The molecule has 0 fully saturated rings. The van der Waals surface area contributed by atoms with Crippen LogP contribution in [0.4, 0.5) is 0 Å².